The van der Waals surface area contributed by atoms with E-state index in [0.29, 0.717) is 5.56 Å². The molecule has 3 rings (SSSR count). The van der Waals surface area contributed by atoms with Crippen LogP contribution in [0.15, 0.2) is 72.3 Å². The molecule has 0 spiro atoms. The number of carboxylic acids is 1. The van der Waals surface area contributed by atoms with Crippen molar-refractivity contribution in [3.8, 4) is 6.07 Å². The molecular weight excluding hydrogens is 328 g/mol. The molecule has 0 aliphatic carbocycles. The Labute approximate surface area is 149 Å². The summed E-state index contributed by atoms with van der Waals surface area (Å²) in [5.41, 5.74) is 0.705. The molecule has 2 N–H and O–H groups in total. The Hall–Kier alpha value is -3.91. The minimum Gasteiger partial charge on any atom is -0.478 e. The molecule has 3 aromatic carbocycles. The van der Waals surface area contributed by atoms with Gasteiger partial charge in [0.25, 0.3) is 5.91 Å². The number of carboxylic acid groups (broad SMARTS) is 1. The molecule has 0 saturated heterocycles. The van der Waals surface area contributed by atoms with E-state index < -0.39 is 11.9 Å². The number of fused-ring (bicyclic) bond motifs is 1. The number of para-hydroxylation sites is 1. The number of nitriles is 1. The van der Waals surface area contributed by atoms with Gasteiger partial charge in [-0.05, 0) is 40.6 Å². The lowest BCUT2D eigenvalue weighted by Gasteiger charge is -2.07. The molecule has 0 radical (unpaired) electrons. The van der Waals surface area contributed by atoms with E-state index in [1.54, 1.807) is 12.1 Å². The van der Waals surface area contributed by atoms with Crippen molar-refractivity contribution in [1.29, 1.82) is 5.26 Å². The van der Waals surface area contributed by atoms with Crippen LogP contribution >= 0.6 is 0 Å². The highest BCUT2D eigenvalue weighted by atomic mass is 16.4. The molecule has 0 bridgehead atoms. The summed E-state index contributed by atoms with van der Waals surface area (Å²) in [6, 6.07) is 21.3. The van der Waals surface area contributed by atoms with Crippen molar-refractivity contribution in [3.63, 3.8) is 0 Å². The van der Waals surface area contributed by atoms with Gasteiger partial charge in [-0.2, -0.15) is 5.26 Å². The zero-order valence-corrected chi connectivity index (χ0v) is 13.6. The summed E-state index contributed by atoms with van der Waals surface area (Å²) in [5.74, 6) is -1.81. The van der Waals surface area contributed by atoms with Gasteiger partial charge in [-0.3, -0.25) is 4.79 Å². The smallest absolute Gasteiger partial charge is 0.337 e. The zero-order valence-electron chi connectivity index (χ0n) is 13.6. The van der Waals surface area contributed by atoms with Crippen molar-refractivity contribution in [2.75, 3.05) is 5.32 Å². The molecule has 5 heteroatoms. The third-order valence-corrected chi connectivity index (χ3v) is 3.86. The van der Waals surface area contributed by atoms with E-state index in [4.69, 9.17) is 0 Å². The van der Waals surface area contributed by atoms with E-state index in [2.05, 4.69) is 5.32 Å². The molecule has 126 valence electrons. The van der Waals surface area contributed by atoms with Gasteiger partial charge in [-0.25, -0.2) is 4.79 Å². The van der Waals surface area contributed by atoms with Crippen LogP contribution in [0, 0.1) is 11.3 Å². The first-order valence-corrected chi connectivity index (χ1v) is 7.83. The lowest BCUT2D eigenvalue weighted by Crippen LogP contribution is -2.16. The number of hydrogen-bond donors (Lipinski definition) is 2. The summed E-state index contributed by atoms with van der Waals surface area (Å²) < 4.78 is 0. The summed E-state index contributed by atoms with van der Waals surface area (Å²) in [4.78, 5) is 23.6. The average molecular weight is 342 g/mol. The maximum absolute atomic E-state index is 12.4. The molecule has 5 nitrogen and oxygen atoms in total. The minimum absolute atomic E-state index is 0.0381. The van der Waals surface area contributed by atoms with Crippen LogP contribution in [-0.2, 0) is 4.79 Å². The first-order chi connectivity index (χ1) is 12.6. The number of carbonyl (C=O) groups is 2. The van der Waals surface area contributed by atoms with Gasteiger partial charge in [0.1, 0.15) is 11.6 Å². The number of anilines is 1. The second-order valence-electron chi connectivity index (χ2n) is 5.58. The van der Waals surface area contributed by atoms with E-state index in [9.17, 15) is 20.0 Å². The first kappa shape index (κ1) is 16.9. The van der Waals surface area contributed by atoms with Crippen molar-refractivity contribution in [1.82, 2.24) is 0 Å². The standard InChI is InChI=1S/C21H14N2O3/c22-13-17(12-14-9-10-15-5-1-2-6-16(15)11-14)20(24)23-19-8-4-3-7-18(19)21(25)26/h1-12H,(H,23,24)(H,25,26)/b17-12+. The van der Waals surface area contributed by atoms with Crippen LogP contribution in [0.4, 0.5) is 5.69 Å². The molecule has 0 fully saturated rings. The number of benzene rings is 3. The van der Waals surface area contributed by atoms with Crippen molar-refractivity contribution in [2.24, 2.45) is 0 Å². The van der Waals surface area contributed by atoms with E-state index in [0.717, 1.165) is 10.8 Å². The van der Waals surface area contributed by atoms with Crippen molar-refractivity contribution < 1.29 is 14.7 Å². The fourth-order valence-electron chi connectivity index (χ4n) is 2.58. The fraction of sp³-hybridized carbons (Fsp3) is 0. The number of amides is 1. The summed E-state index contributed by atoms with van der Waals surface area (Å²) in [6.07, 6.45) is 1.48. The Morgan fingerprint density at radius 2 is 1.65 bits per heavy atom. The van der Waals surface area contributed by atoms with Crippen LogP contribution < -0.4 is 5.32 Å². The quantitative estimate of drug-likeness (QED) is 0.552. The molecule has 0 unspecified atom stereocenters. The Balaban J connectivity index is 1.90. The van der Waals surface area contributed by atoms with Crippen molar-refractivity contribution >= 4 is 34.4 Å². The van der Waals surface area contributed by atoms with Gasteiger partial charge < -0.3 is 10.4 Å². The Morgan fingerprint density at radius 1 is 0.962 bits per heavy atom. The molecular formula is C21H14N2O3. The van der Waals surface area contributed by atoms with Crippen molar-refractivity contribution in [2.45, 2.75) is 0 Å². The highest BCUT2D eigenvalue weighted by Crippen LogP contribution is 2.19. The third kappa shape index (κ3) is 3.60. The maximum atomic E-state index is 12.4. The monoisotopic (exact) mass is 342 g/mol. The van der Waals surface area contributed by atoms with Gasteiger partial charge in [0.2, 0.25) is 0 Å². The highest BCUT2D eigenvalue weighted by molar-refractivity contribution is 6.12. The summed E-state index contributed by atoms with van der Waals surface area (Å²) >= 11 is 0. The summed E-state index contributed by atoms with van der Waals surface area (Å²) in [7, 11) is 0. The molecule has 0 heterocycles. The van der Waals surface area contributed by atoms with Gasteiger partial charge in [-0.1, -0.05) is 48.5 Å². The fourth-order valence-corrected chi connectivity index (χ4v) is 2.58. The van der Waals surface area contributed by atoms with Crippen LogP contribution in [0.3, 0.4) is 0 Å². The summed E-state index contributed by atoms with van der Waals surface area (Å²) in [5, 5.41) is 23.1. The summed E-state index contributed by atoms with van der Waals surface area (Å²) in [6.45, 7) is 0. The number of rotatable bonds is 4. The van der Waals surface area contributed by atoms with Crippen LogP contribution in [0.25, 0.3) is 16.8 Å². The molecule has 1 amide bonds. The molecule has 0 saturated carbocycles. The second-order valence-corrected chi connectivity index (χ2v) is 5.58. The zero-order chi connectivity index (χ0) is 18.5. The highest BCUT2D eigenvalue weighted by Gasteiger charge is 2.14. The second kappa shape index (κ2) is 7.32. The number of aromatic carboxylic acids is 1. The van der Waals surface area contributed by atoms with Crippen LogP contribution in [0.1, 0.15) is 15.9 Å². The van der Waals surface area contributed by atoms with Gasteiger partial charge in [0.15, 0.2) is 0 Å². The molecule has 0 aliphatic rings. The van der Waals surface area contributed by atoms with Crippen LogP contribution in [-0.4, -0.2) is 17.0 Å². The largest absolute Gasteiger partial charge is 0.478 e. The van der Waals surface area contributed by atoms with Gasteiger partial charge in [-0.15, -0.1) is 0 Å². The van der Waals surface area contributed by atoms with Crippen molar-refractivity contribution in [3.05, 3.63) is 83.4 Å². The normalized spacial score (nSPS) is 11.0. The number of nitrogens with zero attached hydrogens (tertiary/aromatic N) is 1. The van der Waals surface area contributed by atoms with E-state index >= 15 is 0 Å². The van der Waals surface area contributed by atoms with Crippen LogP contribution in [0.2, 0.25) is 0 Å². The molecule has 26 heavy (non-hydrogen) atoms. The van der Waals surface area contributed by atoms with Gasteiger partial charge in [0.05, 0.1) is 11.3 Å². The SMILES string of the molecule is N#C/C(=C\c1ccc2ccccc2c1)C(=O)Nc1ccccc1C(=O)O. The average Bonchev–Trinajstić information content (AvgIpc) is 2.66. The third-order valence-electron chi connectivity index (χ3n) is 3.86. The lowest BCUT2D eigenvalue weighted by molar-refractivity contribution is -0.112. The Kier molecular flexibility index (Phi) is 4.77. The topological polar surface area (TPSA) is 90.2 Å². The predicted octanol–water partition coefficient (Wildman–Crippen LogP) is 4.08. The Bertz CT molecular complexity index is 1080. The molecule has 0 aromatic heterocycles. The Morgan fingerprint density at radius 3 is 2.38 bits per heavy atom. The number of nitrogens with one attached hydrogen (secondary N) is 1. The molecule has 0 aliphatic heterocycles. The lowest BCUT2D eigenvalue weighted by atomic mass is 10.0. The number of hydrogen-bond acceptors (Lipinski definition) is 3. The van der Waals surface area contributed by atoms with E-state index in [1.165, 1.54) is 18.2 Å². The maximum Gasteiger partial charge on any atom is 0.337 e. The predicted molar refractivity (Wildman–Crippen MR) is 99.6 cm³/mol. The molecule has 0 atom stereocenters. The van der Waals surface area contributed by atoms with E-state index in [1.807, 2.05) is 48.5 Å². The number of carbonyl (C=O) groups excluding carboxylic acids is 1. The van der Waals surface area contributed by atoms with Crippen LogP contribution in [0.5, 0.6) is 0 Å². The van der Waals surface area contributed by atoms with E-state index in [-0.39, 0.29) is 16.8 Å². The first-order valence-electron chi connectivity index (χ1n) is 7.83. The van der Waals surface area contributed by atoms with Gasteiger partial charge in [0, 0.05) is 0 Å². The van der Waals surface area contributed by atoms with Gasteiger partial charge >= 0.3 is 5.97 Å². The molecule has 3 aromatic rings. The minimum atomic E-state index is -1.15.